The first-order valence-electron chi connectivity index (χ1n) is 8.01. The normalized spacial score (nSPS) is 11.7. The van der Waals surface area contributed by atoms with Crippen LogP contribution >= 0.6 is 0 Å². The first-order chi connectivity index (χ1) is 12.1. The van der Waals surface area contributed by atoms with Crippen LogP contribution in [0.1, 0.15) is 22.6 Å². The van der Waals surface area contributed by atoms with Crippen molar-refractivity contribution in [2.24, 2.45) is 0 Å². The van der Waals surface area contributed by atoms with E-state index in [0.717, 1.165) is 16.7 Å². The van der Waals surface area contributed by atoms with Gasteiger partial charge in [0.2, 0.25) is 0 Å². The number of rotatable bonds is 6. The number of hydrogen-bond donors (Lipinski definition) is 0. The average molecular weight is 331 g/mol. The number of nitrogens with zero attached hydrogens (tertiary/aromatic N) is 1. The minimum absolute atomic E-state index is 0.0195. The maximum atomic E-state index is 13.0. The van der Waals surface area contributed by atoms with Gasteiger partial charge in [-0.25, -0.2) is 0 Å². The Morgan fingerprint density at radius 2 is 1.32 bits per heavy atom. The molecule has 0 radical (unpaired) electrons. The summed E-state index contributed by atoms with van der Waals surface area (Å²) in [6, 6.07) is 25.3. The lowest BCUT2D eigenvalue weighted by Crippen LogP contribution is -2.16. The number of nitro groups is 1. The summed E-state index contributed by atoms with van der Waals surface area (Å²) in [6.07, 6.45) is 0.317. The van der Waals surface area contributed by atoms with Crippen LogP contribution in [-0.4, -0.2) is 10.7 Å². The zero-order valence-electron chi connectivity index (χ0n) is 13.5. The van der Waals surface area contributed by atoms with Crippen LogP contribution in [0.5, 0.6) is 0 Å². The van der Waals surface area contributed by atoms with Gasteiger partial charge in [0.1, 0.15) is 5.78 Å². The van der Waals surface area contributed by atoms with E-state index in [1.165, 1.54) is 12.1 Å². The Hall–Kier alpha value is -3.27. The molecule has 0 saturated carbocycles. The molecule has 0 heterocycles. The molecule has 0 fully saturated rings. The molecule has 4 heteroatoms. The fraction of sp³-hybridized carbons (Fsp3) is 0.0952. The van der Waals surface area contributed by atoms with E-state index in [4.69, 9.17) is 0 Å². The summed E-state index contributed by atoms with van der Waals surface area (Å²) in [5, 5.41) is 10.9. The van der Waals surface area contributed by atoms with Crippen LogP contribution in [0.3, 0.4) is 0 Å². The molecule has 0 N–H and O–H groups in total. The van der Waals surface area contributed by atoms with Crippen LogP contribution in [-0.2, 0) is 11.2 Å². The van der Waals surface area contributed by atoms with Crippen molar-refractivity contribution in [3.05, 3.63) is 112 Å². The lowest BCUT2D eigenvalue weighted by Gasteiger charge is -2.17. The topological polar surface area (TPSA) is 60.2 Å². The molecule has 4 nitrogen and oxygen atoms in total. The van der Waals surface area contributed by atoms with Gasteiger partial charge in [0.15, 0.2) is 0 Å². The third-order valence-electron chi connectivity index (χ3n) is 4.11. The molecule has 0 aromatic heterocycles. The van der Waals surface area contributed by atoms with Crippen LogP contribution in [0.25, 0.3) is 0 Å². The molecule has 25 heavy (non-hydrogen) atoms. The van der Waals surface area contributed by atoms with E-state index in [2.05, 4.69) is 0 Å². The maximum absolute atomic E-state index is 13.0. The van der Waals surface area contributed by atoms with Crippen molar-refractivity contribution >= 4 is 11.5 Å². The monoisotopic (exact) mass is 331 g/mol. The SMILES string of the molecule is O=C(Cc1ccccc1)C(c1ccccc1)c1ccc([N+](=O)[O-])cc1. The average Bonchev–Trinajstić information content (AvgIpc) is 2.64. The highest BCUT2D eigenvalue weighted by Gasteiger charge is 2.23. The summed E-state index contributed by atoms with van der Waals surface area (Å²) < 4.78 is 0. The number of non-ortho nitro benzene ring substituents is 1. The fourth-order valence-electron chi connectivity index (χ4n) is 2.90. The van der Waals surface area contributed by atoms with Gasteiger partial charge >= 0.3 is 0 Å². The lowest BCUT2D eigenvalue weighted by atomic mass is 9.85. The lowest BCUT2D eigenvalue weighted by molar-refractivity contribution is -0.384. The second-order valence-corrected chi connectivity index (χ2v) is 5.82. The quantitative estimate of drug-likeness (QED) is 0.492. The van der Waals surface area contributed by atoms with Crippen LogP contribution in [0.15, 0.2) is 84.9 Å². The molecule has 3 rings (SSSR count). The van der Waals surface area contributed by atoms with Crippen LogP contribution < -0.4 is 0 Å². The highest BCUT2D eigenvalue weighted by atomic mass is 16.6. The first kappa shape index (κ1) is 16.6. The third-order valence-corrected chi connectivity index (χ3v) is 4.11. The summed E-state index contributed by atoms with van der Waals surface area (Å²) in [5.41, 5.74) is 2.62. The molecule has 0 aliphatic carbocycles. The summed E-state index contributed by atoms with van der Waals surface area (Å²) in [4.78, 5) is 23.4. The van der Waals surface area contributed by atoms with Crippen molar-refractivity contribution in [1.29, 1.82) is 0 Å². The van der Waals surface area contributed by atoms with Crippen molar-refractivity contribution < 1.29 is 9.72 Å². The number of ketones is 1. The smallest absolute Gasteiger partial charge is 0.269 e. The molecule has 124 valence electrons. The molecule has 1 atom stereocenters. The van der Waals surface area contributed by atoms with Crippen LogP contribution in [0.2, 0.25) is 0 Å². The minimum atomic E-state index is -0.442. The number of carbonyl (C=O) groups excluding carboxylic acids is 1. The van der Waals surface area contributed by atoms with Gasteiger partial charge in [-0.2, -0.15) is 0 Å². The number of hydrogen-bond acceptors (Lipinski definition) is 3. The van der Waals surface area contributed by atoms with E-state index in [1.54, 1.807) is 12.1 Å². The van der Waals surface area contributed by atoms with E-state index in [9.17, 15) is 14.9 Å². The fourth-order valence-corrected chi connectivity index (χ4v) is 2.90. The van der Waals surface area contributed by atoms with Gasteiger partial charge in [0.25, 0.3) is 5.69 Å². The van der Waals surface area contributed by atoms with E-state index in [-0.39, 0.29) is 11.5 Å². The largest absolute Gasteiger partial charge is 0.298 e. The van der Waals surface area contributed by atoms with Crippen LogP contribution in [0.4, 0.5) is 5.69 Å². The summed E-state index contributed by atoms with van der Waals surface area (Å²) in [7, 11) is 0. The number of carbonyl (C=O) groups is 1. The van der Waals surface area contributed by atoms with Gasteiger partial charge in [-0.1, -0.05) is 72.8 Å². The molecular formula is C21H17NO3. The second-order valence-electron chi connectivity index (χ2n) is 5.82. The summed E-state index contributed by atoms with van der Waals surface area (Å²) in [5.74, 6) is -0.381. The van der Waals surface area contributed by atoms with Crippen molar-refractivity contribution in [3.63, 3.8) is 0 Å². The van der Waals surface area contributed by atoms with E-state index >= 15 is 0 Å². The molecule has 3 aromatic carbocycles. The van der Waals surface area contributed by atoms with Crippen LogP contribution in [0, 0.1) is 10.1 Å². The molecule has 0 amide bonds. The van der Waals surface area contributed by atoms with Crippen molar-refractivity contribution in [1.82, 2.24) is 0 Å². The molecular weight excluding hydrogens is 314 g/mol. The molecule has 1 unspecified atom stereocenters. The third kappa shape index (κ3) is 3.98. The predicted molar refractivity (Wildman–Crippen MR) is 96.5 cm³/mol. The molecule has 0 saturated heterocycles. The Morgan fingerprint density at radius 1 is 0.800 bits per heavy atom. The van der Waals surface area contributed by atoms with Gasteiger partial charge in [-0.3, -0.25) is 14.9 Å². The molecule has 3 aromatic rings. The molecule has 0 aliphatic rings. The van der Waals surface area contributed by atoms with E-state index in [0.29, 0.717) is 6.42 Å². The highest BCUT2D eigenvalue weighted by molar-refractivity contribution is 5.90. The van der Waals surface area contributed by atoms with Gasteiger partial charge in [0, 0.05) is 18.6 Å². The number of benzene rings is 3. The molecule has 0 bridgehead atoms. The Balaban J connectivity index is 1.95. The van der Waals surface area contributed by atoms with Gasteiger partial charge in [0.05, 0.1) is 10.8 Å². The second kappa shape index (κ2) is 7.53. The summed E-state index contributed by atoms with van der Waals surface area (Å²) in [6.45, 7) is 0. The Bertz CT molecular complexity index is 859. The van der Waals surface area contributed by atoms with Crippen molar-refractivity contribution in [2.45, 2.75) is 12.3 Å². The highest BCUT2D eigenvalue weighted by Crippen LogP contribution is 2.28. The van der Waals surface area contributed by atoms with Gasteiger partial charge in [-0.05, 0) is 16.7 Å². The number of Topliss-reactive ketones (excluding diaryl/α,β-unsaturated/α-hetero) is 1. The van der Waals surface area contributed by atoms with Crippen molar-refractivity contribution in [3.8, 4) is 0 Å². The zero-order valence-corrected chi connectivity index (χ0v) is 13.5. The summed E-state index contributed by atoms with van der Waals surface area (Å²) >= 11 is 0. The standard InChI is InChI=1S/C21H17NO3/c23-20(15-16-7-3-1-4-8-16)21(17-9-5-2-6-10-17)18-11-13-19(14-12-18)22(24)25/h1-14,21H,15H2. The molecule has 0 aliphatic heterocycles. The Labute approximate surface area is 145 Å². The number of nitro benzene ring substituents is 1. The van der Waals surface area contributed by atoms with E-state index in [1.807, 2.05) is 60.7 Å². The maximum Gasteiger partial charge on any atom is 0.269 e. The first-order valence-corrected chi connectivity index (χ1v) is 8.01. The zero-order chi connectivity index (χ0) is 17.6. The van der Waals surface area contributed by atoms with E-state index < -0.39 is 10.8 Å². The van der Waals surface area contributed by atoms with Gasteiger partial charge < -0.3 is 0 Å². The van der Waals surface area contributed by atoms with Crippen molar-refractivity contribution in [2.75, 3.05) is 0 Å². The predicted octanol–water partition coefficient (Wildman–Crippen LogP) is 4.54. The van der Waals surface area contributed by atoms with Gasteiger partial charge in [-0.15, -0.1) is 0 Å². The Kier molecular flexibility index (Phi) is 5.00. The molecule has 0 spiro atoms. The minimum Gasteiger partial charge on any atom is -0.298 e. The Morgan fingerprint density at radius 3 is 1.88 bits per heavy atom.